The highest BCUT2D eigenvalue weighted by Gasteiger charge is 2.29. The molecule has 0 unspecified atom stereocenters. The zero-order valence-corrected chi connectivity index (χ0v) is 7.12. The van der Waals surface area contributed by atoms with Gasteiger partial charge in [0.15, 0.2) is 0 Å². The van der Waals surface area contributed by atoms with Gasteiger partial charge in [0, 0.05) is 20.2 Å². The highest BCUT2D eigenvalue weighted by Crippen LogP contribution is 2.14. The van der Waals surface area contributed by atoms with Crippen LogP contribution >= 0.6 is 0 Å². The van der Waals surface area contributed by atoms with Crippen molar-refractivity contribution >= 4 is 5.91 Å². The van der Waals surface area contributed by atoms with E-state index in [1.807, 2.05) is 0 Å². The van der Waals surface area contributed by atoms with Gasteiger partial charge in [-0.2, -0.15) is 5.26 Å². The lowest BCUT2D eigenvalue weighted by Crippen LogP contribution is -2.49. The summed E-state index contributed by atoms with van der Waals surface area (Å²) in [5.41, 5.74) is 0. The summed E-state index contributed by atoms with van der Waals surface area (Å²) in [7, 11) is 1.57. The number of hydrogen-bond acceptors (Lipinski definition) is 3. The number of carbonyl (C=O) groups is 1. The highest BCUT2D eigenvalue weighted by atomic mass is 16.5. The van der Waals surface area contributed by atoms with Crippen molar-refractivity contribution in [1.82, 2.24) is 4.90 Å². The van der Waals surface area contributed by atoms with Gasteiger partial charge in [-0.25, -0.2) is 0 Å². The van der Waals surface area contributed by atoms with Gasteiger partial charge >= 0.3 is 0 Å². The molecule has 1 fully saturated rings. The number of methoxy groups -OCH3 is 1. The SMILES string of the molecule is COCCC(=O)N1CC(C#N)C1. The molecule has 0 saturated carbocycles. The van der Waals surface area contributed by atoms with E-state index in [2.05, 4.69) is 6.07 Å². The molecule has 12 heavy (non-hydrogen) atoms. The minimum atomic E-state index is 0.0523. The Morgan fingerprint density at radius 1 is 1.75 bits per heavy atom. The van der Waals surface area contributed by atoms with Gasteiger partial charge < -0.3 is 9.64 Å². The van der Waals surface area contributed by atoms with Crippen molar-refractivity contribution in [1.29, 1.82) is 5.26 Å². The Morgan fingerprint density at radius 3 is 2.92 bits per heavy atom. The fourth-order valence-corrected chi connectivity index (χ4v) is 1.11. The second-order valence-electron chi connectivity index (χ2n) is 2.87. The number of nitrogens with zero attached hydrogens (tertiary/aromatic N) is 2. The van der Waals surface area contributed by atoms with Crippen LogP contribution in [0, 0.1) is 17.2 Å². The first-order valence-corrected chi connectivity index (χ1v) is 3.94. The number of rotatable bonds is 3. The van der Waals surface area contributed by atoms with E-state index in [0.29, 0.717) is 26.1 Å². The summed E-state index contributed by atoms with van der Waals surface area (Å²) in [6.07, 6.45) is 0.425. The van der Waals surface area contributed by atoms with E-state index in [-0.39, 0.29) is 11.8 Å². The molecule has 1 saturated heterocycles. The second-order valence-corrected chi connectivity index (χ2v) is 2.87. The molecule has 1 rings (SSSR count). The average molecular weight is 168 g/mol. The van der Waals surface area contributed by atoms with E-state index in [1.54, 1.807) is 12.0 Å². The topological polar surface area (TPSA) is 53.3 Å². The standard InChI is InChI=1S/C8H12N2O2/c1-12-3-2-8(11)10-5-7(4-9)6-10/h7H,2-3,5-6H2,1H3. The summed E-state index contributed by atoms with van der Waals surface area (Å²) in [6.45, 7) is 1.66. The maximum atomic E-state index is 11.2. The summed E-state index contributed by atoms with van der Waals surface area (Å²) >= 11 is 0. The molecule has 4 nitrogen and oxygen atoms in total. The number of nitriles is 1. The number of likely N-dealkylation sites (tertiary alicyclic amines) is 1. The minimum Gasteiger partial charge on any atom is -0.384 e. The van der Waals surface area contributed by atoms with Gasteiger partial charge in [-0.15, -0.1) is 0 Å². The molecule has 0 aromatic carbocycles. The van der Waals surface area contributed by atoms with Crippen molar-refractivity contribution in [2.24, 2.45) is 5.92 Å². The molecule has 1 aliphatic heterocycles. The first-order chi connectivity index (χ1) is 5.77. The summed E-state index contributed by atoms with van der Waals surface area (Å²) in [6, 6.07) is 2.12. The summed E-state index contributed by atoms with van der Waals surface area (Å²) < 4.78 is 4.77. The summed E-state index contributed by atoms with van der Waals surface area (Å²) in [4.78, 5) is 12.9. The lowest BCUT2D eigenvalue weighted by molar-refractivity contribution is -0.137. The zero-order valence-electron chi connectivity index (χ0n) is 7.12. The van der Waals surface area contributed by atoms with Gasteiger partial charge in [0.25, 0.3) is 0 Å². The molecule has 0 aromatic rings. The Bertz CT molecular complexity index is 204. The summed E-state index contributed by atoms with van der Waals surface area (Å²) in [5.74, 6) is 0.139. The number of carbonyl (C=O) groups excluding carboxylic acids is 1. The van der Waals surface area contributed by atoms with Crippen LogP contribution in [0.1, 0.15) is 6.42 Å². The van der Waals surface area contributed by atoms with Crippen LogP contribution in [0.15, 0.2) is 0 Å². The molecule has 0 aromatic heterocycles. The van der Waals surface area contributed by atoms with Crippen LogP contribution < -0.4 is 0 Å². The molecular formula is C8H12N2O2. The van der Waals surface area contributed by atoms with Gasteiger partial charge in [-0.1, -0.05) is 0 Å². The molecule has 0 aliphatic carbocycles. The van der Waals surface area contributed by atoms with Gasteiger partial charge in [0.1, 0.15) is 0 Å². The Hall–Kier alpha value is -1.08. The van der Waals surface area contributed by atoms with Crippen molar-refractivity contribution < 1.29 is 9.53 Å². The first kappa shape index (κ1) is 9.01. The van der Waals surface area contributed by atoms with Crippen molar-refractivity contribution in [3.63, 3.8) is 0 Å². The van der Waals surface area contributed by atoms with Crippen LogP contribution in [0.5, 0.6) is 0 Å². The summed E-state index contributed by atoms with van der Waals surface area (Å²) in [5, 5.41) is 8.45. The lowest BCUT2D eigenvalue weighted by Gasteiger charge is -2.35. The normalized spacial score (nSPS) is 16.8. The fourth-order valence-electron chi connectivity index (χ4n) is 1.11. The molecule has 1 amide bonds. The van der Waals surface area contributed by atoms with Crippen LogP contribution in [0.2, 0.25) is 0 Å². The lowest BCUT2D eigenvalue weighted by atomic mass is 10.0. The molecule has 4 heteroatoms. The fraction of sp³-hybridized carbons (Fsp3) is 0.750. The van der Waals surface area contributed by atoms with E-state index >= 15 is 0 Å². The maximum absolute atomic E-state index is 11.2. The molecule has 66 valence electrons. The van der Waals surface area contributed by atoms with Gasteiger partial charge in [-0.3, -0.25) is 4.79 Å². The number of hydrogen-bond donors (Lipinski definition) is 0. The third-order valence-electron chi connectivity index (χ3n) is 1.94. The van der Waals surface area contributed by atoms with E-state index in [9.17, 15) is 4.79 Å². The molecule has 1 aliphatic rings. The molecule has 0 N–H and O–H groups in total. The van der Waals surface area contributed by atoms with Gasteiger partial charge in [0.05, 0.1) is 25.0 Å². The molecule has 0 spiro atoms. The van der Waals surface area contributed by atoms with Crippen LogP contribution in [0.4, 0.5) is 0 Å². The highest BCUT2D eigenvalue weighted by molar-refractivity contribution is 5.77. The third-order valence-corrected chi connectivity index (χ3v) is 1.94. The van der Waals surface area contributed by atoms with E-state index in [1.165, 1.54) is 0 Å². The van der Waals surface area contributed by atoms with E-state index in [4.69, 9.17) is 10.00 Å². The molecule has 0 atom stereocenters. The predicted molar refractivity (Wildman–Crippen MR) is 42.2 cm³/mol. The maximum Gasteiger partial charge on any atom is 0.224 e. The smallest absolute Gasteiger partial charge is 0.224 e. The van der Waals surface area contributed by atoms with Crippen LogP contribution in [-0.4, -0.2) is 37.6 Å². The van der Waals surface area contributed by atoms with Crippen LogP contribution in [0.3, 0.4) is 0 Å². The van der Waals surface area contributed by atoms with Crippen molar-refractivity contribution in [3.8, 4) is 6.07 Å². The number of amides is 1. The van der Waals surface area contributed by atoms with Crippen molar-refractivity contribution in [3.05, 3.63) is 0 Å². The molecular weight excluding hydrogens is 156 g/mol. The Balaban J connectivity index is 2.16. The first-order valence-electron chi connectivity index (χ1n) is 3.94. The Morgan fingerprint density at radius 2 is 2.42 bits per heavy atom. The van der Waals surface area contributed by atoms with Gasteiger partial charge in [-0.05, 0) is 0 Å². The molecule has 0 bridgehead atoms. The quantitative estimate of drug-likeness (QED) is 0.596. The van der Waals surface area contributed by atoms with Crippen molar-refractivity contribution in [2.45, 2.75) is 6.42 Å². The number of ether oxygens (including phenoxy) is 1. The van der Waals surface area contributed by atoms with Crippen LogP contribution in [0.25, 0.3) is 0 Å². The van der Waals surface area contributed by atoms with E-state index < -0.39 is 0 Å². The third kappa shape index (κ3) is 1.95. The average Bonchev–Trinajstić information content (AvgIpc) is 1.99. The minimum absolute atomic E-state index is 0.0523. The second kappa shape index (κ2) is 4.07. The Kier molecular flexibility index (Phi) is 3.06. The monoisotopic (exact) mass is 168 g/mol. The predicted octanol–water partition coefficient (Wildman–Crippen LogP) is 0.00488. The Labute approximate surface area is 71.7 Å². The zero-order chi connectivity index (χ0) is 8.97. The van der Waals surface area contributed by atoms with Gasteiger partial charge in [0.2, 0.25) is 5.91 Å². The molecule has 0 radical (unpaired) electrons. The van der Waals surface area contributed by atoms with Crippen LogP contribution in [-0.2, 0) is 9.53 Å². The van der Waals surface area contributed by atoms with E-state index in [0.717, 1.165) is 0 Å². The molecule has 1 heterocycles. The van der Waals surface area contributed by atoms with Crippen molar-refractivity contribution in [2.75, 3.05) is 26.8 Å². The largest absolute Gasteiger partial charge is 0.384 e.